The Bertz CT molecular complexity index is 1000. The van der Waals surface area contributed by atoms with Gasteiger partial charge in [-0.1, -0.05) is 17.7 Å². The van der Waals surface area contributed by atoms with Gasteiger partial charge >= 0.3 is 0 Å². The summed E-state index contributed by atoms with van der Waals surface area (Å²) < 4.78 is 24.5. The number of benzene rings is 1. The predicted octanol–water partition coefficient (Wildman–Crippen LogP) is 3.75. The van der Waals surface area contributed by atoms with E-state index in [1.807, 2.05) is 36.1 Å². The smallest absolute Gasteiger partial charge is 0.227 e. The molecule has 1 aliphatic heterocycles. The first kappa shape index (κ1) is 19.3. The fraction of sp³-hybridized carbons (Fsp3) is 0.278. The van der Waals surface area contributed by atoms with Gasteiger partial charge in [-0.25, -0.2) is 4.21 Å². The first-order valence-electron chi connectivity index (χ1n) is 8.53. The van der Waals surface area contributed by atoms with E-state index < -0.39 is 10.8 Å². The molecule has 3 heterocycles. The monoisotopic (exact) mass is 438 g/mol. The highest BCUT2D eigenvalue weighted by Gasteiger charge is 2.26. The molecule has 28 heavy (non-hydrogen) atoms. The fourth-order valence-corrected chi connectivity index (χ4v) is 4.20. The Kier molecular flexibility index (Phi) is 5.63. The van der Waals surface area contributed by atoms with Crippen molar-refractivity contribution in [2.24, 2.45) is 0 Å². The SMILES string of the molecule is Cc1ccc([S@@](=O)c2cc(-c3nc(Cl)nc(Cl)n3)c(N3CCOCC3)o2)cc1. The van der Waals surface area contributed by atoms with Crippen molar-refractivity contribution in [2.45, 2.75) is 16.9 Å². The second-order valence-electron chi connectivity index (χ2n) is 6.16. The van der Waals surface area contributed by atoms with Gasteiger partial charge in [0.2, 0.25) is 16.5 Å². The summed E-state index contributed by atoms with van der Waals surface area (Å²) in [5.74, 6) is 0.777. The molecule has 1 atom stereocenters. The highest BCUT2D eigenvalue weighted by atomic mass is 35.5. The van der Waals surface area contributed by atoms with Crippen LogP contribution in [-0.4, -0.2) is 45.5 Å². The molecule has 1 aliphatic rings. The summed E-state index contributed by atoms with van der Waals surface area (Å²) in [6.45, 7) is 4.36. The molecule has 0 bridgehead atoms. The number of aryl methyl sites for hydroxylation is 1. The molecule has 0 N–H and O–H groups in total. The third-order valence-electron chi connectivity index (χ3n) is 4.23. The van der Waals surface area contributed by atoms with Crippen LogP contribution in [-0.2, 0) is 15.5 Å². The maximum atomic E-state index is 13.0. The summed E-state index contributed by atoms with van der Waals surface area (Å²) in [4.78, 5) is 14.7. The van der Waals surface area contributed by atoms with E-state index in [2.05, 4.69) is 15.0 Å². The molecule has 1 aromatic carbocycles. The van der Waals surface area contributed by atoms with E-state index >= 15 is 0 Å². The Morgan fingerprint density at radius 3 is 2.32 bits per heavy atom. The van der Waals surface area contributed by atoms with Crippen molar-refractivity contribution in [3.8, 4) is 11.4 Å². The minimum atomic E-state index is -1.50. The number of morpholine rings is 1. The van der Waals surface area contributed by atoms with Crippen LogP contribution in [0.3, 0.4) is 0 Å². The molecule has 3 aromatic rings. The topological polar surface area (TPSA) is 81.4 Å². The summed E-state index contributed by atoms with van der Waals surface area (Å²) in [5.41, 5.74) is 1.65. The average molecular weight is 439 g/mol. The van der Waals surface area contributed by atoms with E-state index in [-0.39, 0.29) is 16.4 Å². The Hall–Kier alpha value is -2.00. The molecular weight excluding hydrogens is 423 g/mol. The highest BCUT2D eigenvalue weighted by molar-refractivity contribution is 7.85. The molecule has 2 aromatic heterocycles. The van der Waals surface area contributed by atoms with E-state index in [1.54, 1.807) is 6.07 Å². The molecule has 10 heteroatoms. The summed E-state index contributed by atoms with van der Waals surface area (Å²) in [6.07, 6.45) is 0. The van der Waals surface area contributed by atoms with Crippen LogP contribution in [0.25, 0.3) is 11.4 Å². The molecule has 4 rings (SSSR count). The quantitative estimate of drug-likeness (QED) is 0.613. The molecule has 146 valence electrons. The lowest BCUT2D eigenvalue weighted by Crippen LogP contribution is -2.36. The van der Waals surface area contributed by atoms with Crippen LogP contribution in [0.2, 0.25) is 10.6 Å². The van der Waals surface area contributed by atoms with Crippen molar-refractivity contribution in [1.82, 2.24) is 15.0 Å². The molecule has 1 fully saturated rings. The zero-order valence-corrected chi connectivity index (χ0v) is 17.2. The Morgan fingerprint density at radius 2 is 1.68 bits per heavy atom. The van der Waals surface area contributed by atoms with Gasteiger partial charge in [-0.15, -0.1) is 0 Å². The molecule has 0 spiro atoms. The van der Waals surface area contributed by atoms with E-state index in [4.69, 9.17) is 32.4 Å². The second-order valence-corrected chi connectivity index (χ2v) is 8.25. The minimum absolute atomic E-state index is 0.0228. The zero-order valence-electron chi connectivity index (χ0n) is 14.9. The zero-order chi connectivity index (χ0) is 19.7. The number of furan rings is 1. The van der Waals surface area contributed by atoms with Crippen molar-refractivity contribution in [3.05, 3.63) is 46.5 Å². The van der Waals surface area contributed by atoms with Crippen molar-refractivity contribution in [3.63, 3.8) is 0 Å². The van der Waals surface area contributed by atoms with Crippen LogP contribution < -0.4 is 4.90 Å². The number of ether oxygens (including phenoxy) is 1. The highest BCUT2D eigenvalue weighted by Crippen LogP contribution is 2.36. The normalized spacial score (nSPS) is 15.6. The van der Waals surface area contributed by atoms with Crippen LogP contribution in [0.5, 0.6) is 0 Å². The number of anilines is 1. The van der Waals surface area contributed by atoms with E-state index in [1.165, 1.54) is 0 Å². The molecule has 7 nitrogen and oxygen atoms in total. The van der Waals surface area contributed by atoms with Gasteiger partial charge in [0.05, 0.1) is 18.8 Å². The lowest BCUT2D eigenvalue weighted by molar-refractivity contribution is 0.120. The summed E-state index contributed by atoms with van der Waals surface area (Å²) >= 11 is 11.9. The number of halogens is 2. The van der Waals surface area contributed by atoms with E-state index in [9.17, 15) is 4.21 Å². The molecule has 0 amide bonds. The summed E-state index contributed by atoms with van der Waals surface area (Å²) in [6, 6.07) is 9.12. The average Bonchev–Trinajstić information content (AvgIpc) is 3.13. The van der Waals surface area contributed by atoms with Crippen molar-refractivity contribution >= 4 is 39.9 Å². The standard InChI is InChI=1S/C18H16Cl2N4O3S/c1-11-2-4-12(5-3-11)28(25)14-10-13(15-21-17(19)23-18(20)22-15)16(27-14)24-6-8-26-9-7-24/h2-5,10H,6-9H2,1H3/t28-/m1/s1. The molecule has 0 saturated carbocycles. The van der Waals surface area contributed by atoms with Crippen molar-refractivity contribution in [2.75, 3.05) is 31.2 Å². The summed E-state index contributed by atoms with van der Waals surface area (Å²) in [7, 11) is -1.50. The fourth-order valence-electron chi connectivity index (χ4n) is 2.84. The van der Waals surface area contributed by atoms with Gasteiger partial charge in [-0.3, -0.25) is 0 Å². The molecule has 1 saturated heterocycles. The van der Waals surface area contributed by atoms with Crippen molar-refractivity contribution in [1.29, 1.82) is 0 Å². The van der Waals surface area contributed by atoms with Gasteiger partial charge in [0.1, 0.15) is 10.8 Å². The Balaban J connectivity index is 1.79. The first-order chi connectivity index (χ1) is 13.5. The largest absolute Gasteiger partial charge is 0.431 e. The number of nitrogens with zero attached hydrogens (tertiary/aromatic N) is 4. The Morgan fingerprint density at radius 1 is 1.04 bits per heavy atom. The first-order valence-corrected chi connectivity index (χ1v) is 10.4. The van der Waals surface area contributed by atoms with Gasteiger partial charge in [0.15, 0.2) is 10.9 Å². The minimum Gasteiger partial charge on any atom is -0.431 e. The second kappa shape index (κ2) is 8.16. The summed E-state index contributed by atoms with van der Waals surface area (Å²) in [5, 5.41) is 0.253. The van der Waals surface area contributed by atoms with Crippen LogP contribution in [0.4, 0.5) is 5.88 Å². The lowest BCUT2D eigenvalue weighted by Gasteiger charge is -2.27. The van der Waals surface area contributed by atoms with Crippen LogP contribution in [0, 0.1) is 6.92 Å². The molecular formula is C18H16Cl2N4O3S. The van der Waals surface area contributed by atoms with Gasteiger partial charge in [-0.05, 0) is 42.3 Å². The number of hydrogen-bond acceptors (Lipinski definition) is 7. The maximum Gasteiger partial charge on any atom is 0.227 e. The van der Waals surface area contributed by atoms with Gasteiger partial charge in [0.25, 0.3) is 0 Å². The van der Waals surface area contributed by atoms with Crippen LogP contribution in [0.1, 0.15) is 5.56 Å². The van der Waals surface area contributed by atoms with Crippen LogP contribution in [0.15, 0.2) is 44.7 Å². The maximum absolute atomic E-state index is 13.0. The molecule has 0 aliphatic carbocycles. The van der Waals surface area contributed by atoms with E-state index in [0.717, 1.165) is 5.56 Å². The van der Waals surface area contributed by atoms with Crippen LogP contribution >= 0.6 is 23.2 Å². The van der Waals surface area contributed by atoms with Gasteiger partial charge in [-0.2, -0.15) is 15.0 Å². The van der Waals surface area contributed by atoms with Crippen molar-refractivity contribution < 1.29 is 13.4 Å². The predicted molar refractivity (Wildman–Crippen MR) is 106 cm³/mol. The Labute approximate surface area is 174 Å². The number of aromatic nitrogens is 3. The lowest BCUT2D eigenvalue weighted by atomic mass is 10.2. The third-order valence-corrected chi connectivity index (χ3v) is 5.83. The molecule has 0 unspecified atom stereocenters. The van der Waals surface area contributed by atoms with E-state index in [0.29, 0.717) is 47.7 Å². The number of rotatable bonds is 4. The number of hydrogen-bond donors (Lipinski definition) is 0. The van der Waals surface area contributed by atoms with Gasteiger partial charge in [0, 0.05) is 24.1 Å². The third kappa shape index (κ3) is 4.05. The van der Waals surface area contributed by atoms with Gasteiger partial charge < -0.3 is 14.1 Å². The molecule has 0 radical (unpaired) electrons.